The minimum atomic E-state index is -0.340. The van der Waals surface area contributed by atoms with E-state index in [1.807, 2.05) is 24.3 Å². The number of benzene rings is 2. The van der Waals surface area contributed by atoms with E-state index < -0.39 is 0 Å². The third kappa shape index (κ3) is 6.60. The highest BCUT2D eigenvalue weighted by Crippen LogP contribution is 2.27. The third-order valence-electron chi connectivity index (χ3n) is 4.33. The highest BCUT2D eigenvalue weighted by molar-refractivity contribution is 6.20. The first-order valence-corrected chi connectivity index (χ1v) is 9.58. The fourth-order valence-electron chi connectivity index (χ4n) is 2.78. The standard InChI is InChI=1S/C21H27ClFNO2/c1-2-3-4-5-20(22)17-8-6-16(7-9-17)15-26-21-14-19(23)11-10-18(21)12-13-24-25/h6-11,14,20,24-25H,2-5,12-13,15H2,1H3. The number of nitrogens with one attached hydrogen (secondary N) is 1. The number of hydroxylamine groups is 1. The highest BCUT2D eigenvalue weighted by Gasteiger charge is 2.09. The van der Waals surface area contributed by atoms with Crippen LogP contribution in [0.25, 0.3) is 0 Å². The first-order valence-electron chi connectivity index (χ1n) is 9.15. The molecule has 142 valence electrons. The molecule has 0 saturated carbocycles. The van der Waals surface area contributed by atoms with Gasteiger partial charge in [-0.05, 0) is 35.6 Å². The van der Waals surface area contributed by atoms with Gasteiger partial charge in [0.25, 0.3) is 0 Å². The Morgan fingerprint density at radius 2 is 1.92 bits per heavy atom. The zero-order valence-corrected chi connectivity index (χ0v) is 15.9. The predicted molar refractivity (Wildman–Crippen MR) is 103 cm³/mol. The predicted octanol–water partition coefficient (Wildman–Crippen LogP) is 5.79. The van der Waals surface area contributed by atoms with Crippen molar-refractivity contribution in [3.05, 3.63) is 65.0 Å². The van der Waals surface area contributed by atoms with Crippen LogP contribution in [0.5, 0.6) is 5.75 Å². The molecular weight excluding hydrogens is 353 g/mol. The number of hydrogen-bond donors (Lipinski definition) is 2. The van der Waals surface area contributed by atoms with Crippen LogP contribution in [0.4, 0.5) is 4.39 Å². The SMILES string of the molecule is CCCCCC(Cl)c1ccc(COc2cc(F)ccc2CCNO)cc1. The normalized spacial score (nSPS) is 12.2. The average molecular weight is 380 g/mol. The van der Waals surface area contributed by atoms with E-state index in [0.717, 1.165) is 29.5 Å². The van der Waals surface area contributed by atoms with Crippen LogP contribution in [0.2, 0.25) is 0 Å². The van der Waals surface area contributed by atoms with Gasteiger partial charge in [0.15, 0.2) is 0 Å². The van der Waals surface area contributed by atoms with Crippen molar-refractivity contribution in [1.82, 2.24) is 5.48 Å². The van der Waals surface area contributed by atoms with Gasteiger partial charge in [-0.3, -0.25) is 0 Å². The number of halogens is 2. The van der Waals surface area contributed by atoms with Crippen LogP contribution in [-0.4, -0.2) is 11.8 Å². The fraction of sp³-hybridized carbons (Fsp3) is 0.429. The van der Waals surface area contributed by atoms with Gasteiger partial charge in [-0.25, -0.2) is 9.87 Å². The van der Waals surface area contributed by atoms with Crippen LogP contribution in [-0.2, 0) is 13.0 Å². The van der Waals surface area contributed by atoms with E-state index in [-0.39, 0.29) is 11.2 Å². The summed E-state index contributed by atoms with van der Waals surface area (Å²) in [5.74, 6) is 0.159. The Labute approximate surface area is 160 Å². The molecular formula is C21H27ClFNO2. The molecule has 0 bridgehead atoms. The molecule has 0 amide bonds. The number of unbranched alkanes of at least 4 members (excludes halogenated alkanes) is 2. The van der Waals surface area contributed by atoms with Crippen molar-refractivity contribution in [3.8, 4) is 5.75 Å². The van der Waals surface area contributed by atoms with Crippen LogP contribution in [0.15, 0.2) is 42.5 Å². The van der Waals surface area contributed by atoms with Crippen molar-refractivity contribution in [1.29, 1.82) is 0 Å². The number of ether oxygens (including phenoxy) is 1. The summed E-state index contributed by atoms with van der Waals surface area (Å²) in [6, 6.07) is 12.5. The van der Waals surface area contributed by atoms with Gasteiger partial charge in [0.1, 0.15) is 18.2 Å². The van der Waals surface area contributed by atoms with E-state index in [9.17, 15) is 4.39 Å². The van der Waals surface area contributed by atoms with Crippen LogP contribution < -0.4 is 10.2 Å². The van der Waals surface area contributed by atoms with E-state index in [4.69, 9.17) is 21.5 Å². The summed E-state index contributed by atoms with van der Waals surface area (Å²) in [6.45, 7) is 2.92. The maximum absolute atomic E-state index is 13.5. The molecule has 26 heavy (non-hydrogen) atoms. The van der Waals surface area contributed by atoms with Gasteiger partial charge in [0.2, 0.25) is 0 Å². The highest BCUT2D eigenvalue weighted by atomic mass is 35.5. The maximum Gasteiger partial charge on any atom is 0.126 e. The first-order chi connectivity index (χ1) is 12.6. The molecule has 2 aromatic carbocycles. The summed E-state index contributed by atoms with van der Waals surface area (Å²) >= 11 is 6.45. The number of hydrogen-bond acceptors (Lipinski definition) is 3. The van der Waals surface area contributed by atoms with E-state index in [0.29, 0.717) is 25.3 Å². The van der Waals surface area contributed by atoms with Crippen molar-refractivity contribution < 1.29 is 14.3 Å². The Morgan fingerprint density at radius 3 is 2.62 bits per heavy atom. The van der Waals surface area contributed by atoms with Crippen molar-refractivity contribution >= 4 is 11.6 Å². The van der Waals surface area contributed by atoms with Gasteiger partial charge in [0, 0.05) is 12.6 Å². The largest absolute Gasteiger partial charge is 0.489 e. The molecule has 5 heteroatoms. The smallest absolute Gasteiger partial charge is 0.126 e. The Kier molecular flexibility index (Phi) is 8.89. The van der Waals surface area contributed by atoms with Crippen molar-refractivity contribution in [2.75, 3.05) is 6.54 Å². The van der Waals surface area contributed by atoms with Crippen molar-refractivity contribution in [3.63, 3.8) is 0 Å². The molecule has 2 rings (SSSR count). The van der Waals surface area contributed by atoms with E-state index in [2.05, 4.69) is 12.4 Å². The van der Waals surface area contributed by atoms with Gasteiger partial charge in [-0.2, -0.15) is 0 Å². The van der Waals surface area contributed by atoms with Crippen LogP contribution >= 0.6 is 11.6 Å². The molecule has 0 aliphatic rings. The van der Waals surface area contributed by atoms with Gasteiger partial charge in [-0.15, -0.1) is 11.6 Å². The van der Waals surface area contributed by atoms with Gasteiger partial charge >= 0.3 is 0 Å². The molecule has 0 saturated heterocycles. The Morgan fingerprint density at radius 1 is 1.15 bits per heavy atom. The van der Waals surface area contributed by atoms with Crippen LogP contribution in [0, 0.1) is 5.82 Å². The first kappa shape index (κ1) is 20.7. The molecule has 1 unspecified atom stereocenters. The Hall–Kier alpha value is -1.62. The summed E-state index contributed by atoms with van der Waals surface area (Å²) in [5, 5.41) is 8.78. The monoisotopic (exact) mass is 379 g/mol. The van der Waals surface area contributed by atoms with Crippen LogP contribution in [0.3, 0.4) is 0 Å². The average Bonchev–Trinajstić information content (AvgIpc) is 2.66. The van der Waals surface area contributed by atoms with Gasteiger partial charge in [0.05, 0.1) is 5.38 Å². The number of rotatable bonds is 11. The Balaban J connectivity index is 1.94. The molecule has 0 aromatic heterocycles. The summed E-state index contributed by atoms with van der Waals surface area (Å²) in [6.07, 6.45) is 5.07. The fourth-order valence-corrected chi connectivity index (χ4v) is 3.08. The zero-order chi connectivity index (χ0) is 18.8. The van der Waals surface area contributed by atoms with Crippen molar-refractivity contribution in [2.24, 2.45) is 0 Å². The van der Waals surface area contributed by atoms with Gasteiger partial charge < -0.3 is 9.94 Å². The molecule has 2 aromatic rings. The number of alkyl halides is 1. The lowest BCUT2D eigenvalue weighted by atomic mass is 10.0. The second-order valence-electron chi connectivity index (χ2n) is 6.40. The van der Waals surface area contributed by atoms with Crippen molar-refractivity contribution in [2.45, 2.75) is 51.0 Å². The molecule has 0 radical (unpaired) electrons. The molecule has 0 aliphatic carbocycles. The molecule has 2 N–H and O–H groups in total. The lowest BCUT2D eigenvalue weighted by molar-refractivity contribution is 0.168. The summed E-state index contributed by atoms with van der Waals surface area (Å²) in [4.78, 5) is 0. The van der Waals surface area contributed by atoms with E-state index in [1.165, 1.54) is 25.0 Å². The molecule has 1 atom stereocenters. The maximum atomic E-state index is 13.5. The lowest BCUT2D eigenvalue weighted by Gasteiger charge is -2.13. The summed E-state index contributed by atoms with van der Waals surface area (Å²) in [5.41, 5.74) is 5.07. The third-order valence-corrected chi connectivity index (χ3v) is 4.80. The van der Waals surface area contributed by atoms with E-state index in [1.54, 1.807) is 6.07 Å². The zero-order valence-electron chi connectivity index (χ0n) is 15.2. The lowest BCUT2D eigenvalue weighted by Crippen LogP contribution is -2.12. The quantitative estimate of drug-likeness (QED) is 0.295. The van der Waals surface area contributed by atoms with E-state index >= 15 is 0 Å². The minimum absolute atomic E-state index is 0.0392. The second kappa shape index (κ2) is 11.2. The minimum Gasteiger partial charge on any atom is -0.489 e. The molecule has 0 aliphatic heterocycles. The molecule has 0 spiro atoms. The molecule has 3 nitrogen and oxygen atoms in total. The summed E-state index contributed by atoms with van der Waals surface area (Å²) < 4.78 is 19.3. The second-order valence-corrected chi connectivity index (χ2v) is 6.93. The van der Waals surface area contributed by atoms with Gasteiger partial charge in [-0.1, -0.05) is 56.5 Å². The summed E-state index contributed by atoms with van der Waals surface area (Å²) in [7, 11) is 0. The molecule has 0 fully saturated rings. The Bertz CT molecular complexity index is 664. The van der Waals surface area contributed by atoms with Crippen LogP contribution in [0.1, 0.15) is 54.7 Å². The molecule has 0 heterocycles. The topological polar surface area (TPSA) is 41.5 Å².